The van der Waals surface area contributed by atoms with E-state index in [4.69, 9.17) is 4.74 Å². The fourth-order valence-electron chi connectivity index (χ4n) is 3.57. The van der Waals surface area contributed by atoms with Crippen LogP contribution in [0.25, 0.3) is 21.5 Å². The van der Waals surface area contributed by atoms with Crippen LogP contribution >= 0.6 is 0 Å². The van der Waals surface area contributed by atoms with Gasteiger partial charge < -0.3 is 14.9 Å². The van der Waals surface area contributed by atoms with Crippen LogP contribution in [0.4, 0.5) is 0 Å². The number of fused-ring (bicyclic) bond motifs is 2. The largest absolute Gasteiger partial charge is 0.455 e. The number of ether oxygens (including phenoxy) is 1. The third kappa shape index (κ3) is 3.42. The van der Waals surface area contributed by atoms with E-state index in [1.807, 2.05) is 72.8 Å². The number of hydrogen-bond acceptors (Lipinski definition) is 3. The summed E-state index contributed by atoms with van der Waals surface area (Å²) >= 11 is 0. The summed E-state index contributed by atoms with van der Waals surface area (Å²) < 4.78 is 6.50. The van der Waals surface area contributed by atoms with Gasteiger partial charge in [-0.2, -0.15) is 0 Å². The van der Waals surface area contributed by atoms with Gasteiger partial charge in [-0.25, -0.2) is 0 Å². The first-order valence-corrected chi connectivity index (χ1v) is 9.46. The summed E-state index contributed by atoms with van der Waals surface area (Å²) in [6.45, 7) is 7.43. The van der Waals surface area contributed by atoms with Crippen molar-refractivity contribution in [2.75, 3.05) is 0 Å². The van der Waals surface area contributed by atoms with Gasteiger partial charge in [0.2, 0.25) is 0 Å². The molecule has 2 atom stereocenters. The van der Waals surface area contributed by atoms with Crippen LogP contribution < -0.4 is 4.74 Å². The first-order valence-electron chi connectivity index (χ1n) is 9.46. The van der Waals surface area contributed by atoms with Crippen molar-refractivity contribution >= 4 is 21.5 Å². The van der Waals surface area contributed by atoms with E-state index in [9.17, 15) is 10.2 Å². The molecule has 0 saturated heterocycles. The van der Waals surface area contributed by atoms with Crippen molar-refractivity contribution in [2.45, 2.75) is 12.2 Å². The van der Waals surface area contributed by atoms with Crippen LogP contribution in [0.3, 0.4) is 0 Å². The van der Waals surface area contributed by atoms with Crippen LogP contribution in [-0.2, 0) is 0 Å². The van der Waals surface area contributed by atoms with E-state index in [2.05, 4.69) is 13.2 Å². The quantitative estimate of drug-likeness (QED) is 0.389. The van der Waals surface area contributed by atoms with Crippen LogP contribution in [-0.4, -0.2) is 10.2 Å². The second-order valence-electron chi connectivity index (χ2n) is 6.87. The molecule has 0 amide bonds. The standard InChI is InChI=1S/C26H22O3/c1-3-23(27)21-15-13-17-9-5-7-11-19(17)25(21)29-26-20-12-8-6-10-18(20)14-16-22(26)24(28)4-2/h3-16,23-24,27-28H,1-2H2. The van der Waals surface area contributed by atoms with E-state index in [-0.39, 0.29) is 0 Å². The van der Waals surface area contributed by atoms with Gasteiger partial charge in [0.1, 0.15) is 23.7 Å². The third-order valence-corrected chi connectivity index (χ3v) is 5.11. The minimum atomic E-state index is -0.877. The van der Waals surface area contributed by atoms with E-state index < -0.39 is 12.2 Å². The highest BCUT2D eigenvalue weighted by molar-refractivity contribution is 5.93. The molecule has 0 aromatic heterocycles. The van der Waals surface area contributed by atoms with E-state index in [0.29, 0.717) is 22.6 Å². The van der Waals surface area contributed by atoms with Gasteiger partial charge in [0.25, 0.3) is 0 Å². The summed E-state index contributed by atoms with van der Waals surface area (Å²) in [5.41, 5.74) is 1.23. The van der Waals surface area contributed by atoms with Gasteiger partial charge in [-0.15, -0.1) is 13.2 Å². The lowest BCUT2D eigenvalue weighted by atomic mass is 9.99. The summed E-state index contributed by atoms with van der Waals surface area (Å²) in [5, 5.41) is 24.8. The van der Waals surface area contributed by atoms with Crippen molar-refractivity contribution in [1.82, 2.24) is 0 Å². The summed E-state index contributed by atoms with van der Waals surface area (Å²) in [5.74, 6) is 1.09. The molecule has 2 unspecified atom stereocenters. The van der Waals surface area contributed by atoms with Crippen LogP contribution in [0, 0.1) is 0 Å². The lowest BCUT2D eigenvalue weighted by Gasteiger charge is -2.20. The molecule has 0 fully saturated rings. The Balaban J connectivity index is 2.01. The highest BCUT2D eigenvalue weighted by atomic mass is 16.5. The van der Waals surface area contributed by atoms with Crippen molar-refractivity contribution < 1.29 is 14.9 Å². The predicted molar refractivity (Wildman–Crippen MR) is 118 cm³/mol. The fraction of sp³-hybridized carbons (Fsp3) is 0.0769. The second-order valence-corrected chi connectivity index (χ2v) is 6.87. The number of benzene rings is 4. The molecule has 3 heteroatoms. The van der Waals surface area contributed by atoms with E-state index in [0.717, 1.165) is 21.5 Å². The molecule has 0 aliphatic carbocycles. The molecule has 0 saturated carbocycles. The molecule has 0 aliphatic rings. The lowest BCUT2D eigenvalue weighted by molar-refractivity contribution is 0.221. The van der Waals surface area contributed by atoms with Gasteiger partial charge in [0.05, 0.1) is 0 Å². The number of aliphatic hydroxyl groups excluding tert-OH is 2. The maximum absolute atomic E-state index is 10.5. The Hall–Kier alpha value is -3.40. The van der Waals surface area contributed by atoms with Gasteiger partial charge in [-0.1, -0.05) is 84.9 Å². The predicted octanol–water partition coefficient (Wildman–Crippen LogP) is 6.22. The topological polar surface area (TPSA) is 49.7 Å². The number of rotatable bonds is 6. The molecular weight excluding hydrogens is 360 g/mol. The lowest BCUT2D eigenvalue weighted by Crippen LogP contribution is -2.02. The van der Waals surface area contributed by atoms with Gasteiger partial charge in [-0.3, -0.25) is 0 Å². The number of hydrogen-bond donors (Lipinski definition) is 2. The first kappa shape index (κ1) is 18.9. The van der Waals surface area contributed by atoms with Crippen LogP contribution in [0.1, 0.15) is 23.3 Å². The van der Waals surface area contributed by atoms with E-state index in [1.165, 1.54) is 12.2 Å². The zero-order valence-electron chi connectivity index (χ0n) is 16.0. The molecule has 4 aromatic rings. The summed E-state index contributed by atoms with van der Waals surface area (Å²) in [6, 6.07) is 23.3. The van der Waals surface area contributed by atoms with Crippen molar-refractivity contribution in [3.8, 4) is 11.5 Å². The smallest absolute Gasteiger partial charge is 0.141 e. The Labute approximate surface area is 169 Å². The third-order valence-electron chi connectivity index (χ3n) is 5.11. The van der Waals surface area contributed by atoms with E-state index in [1.54, 1.807) is 0 Å². The van der Waals surface area contributed by atoms with Gasteiger partial charge in [0, 0.05) is 21.9 Å². The van der Waals surface area contributed by atoms with Crippen molar-refractivity contribution in [3.63, 3.8) is 0 Å². The highest BCUT2D eigenvalue weighted by Gasteiger charge is 2.20. The Bertz CT molecular complexity index is 1110. The highest BCUT2D eigenvalue weighted by Crippen LogP contribution is 2.42. The fourth-order valence-corrected chi connectivity index (χ4v) is 3.57. The molecule has 144 valence electrons. The van der Waals surface area contributed by atoms with Crippen molar-refractivity contribution in [1.29, 1.82) is 0 Å². The minimum absolute atomic E-state index is 0.546. The zero-order valence-corrected chi connectivity index (χ0v) is 16.0. The molecule has 0 bridgehead atoms. The van der Waals surface area contributed by atoms with Gasteiger partial charge in [-0.05, 0) is 10.8 Å². The zero-order chi connectivity index (χ0) is 20.4. The summed E-state index contributed by atoms with van der Waals surface area (Å²) in [7, 11) is 0. The molecule has 29 heavy (non-hydrogen) atoms. The molecule has 0 heterocycles. The summed E-state index contributed by atoms with van der Waals surface area (Å²) in [4.78, 5) is 0. The normalized spacial score (nSPS) is 13.2. The minimum Gasteiger partial charge on any atom is -0.455 e. The van der Waals surface area contributed by atoms with Crippen LogP contribution in [0.15, 0.2) is 98.1 Å². The Morgan fingerprint density at radius 1 is 0.621 bits per heavy atom. The van der Waals surface area contributed by atoms with Crippen LogP contribution in [0.2, 0.25) is 0 Å². The second kappa shape index (κ2) is 7.92. The Morgan fingerprint density at radius 2 is 1.03 bits per heavy atom. The van der Waals surface area contributed by atoms with Gasteiger partial charge in [0.15, 0.2) is 0 Å². The Morgan fingerprint density at radius 3 is 1.45 bits per heavy atom. The molecular formula is C26H22O3. The molecule has 2 N–H and O–H groups in total. The number of aliphatic hydroxyl groups is 2. The molecule has 4 rings (SSSR count). The average Bonchev–Trinajstić information content (AvgIpc) is 2.78. The molecule has 0 aliphatic heterocycles. The first-order chi connectivity index (χ1) is 14.1. The van der Waals surface area contributed by atoms with E-state index >= 15 is 0 Å². The molecule has 0 radical (unpaired) electrons. The van der Waals surface area contributed by atoms with Crippen molar-refractivity contribution in [3.05, 3.63) is 109 Å². The average molecular weight is 382 g/mol. The molecule has 4 aromatic carbocycles. The molecule has 3 nitrogen and oxygen atoms in total. The maximum atomic E-state index is 10.5. The van der Waals surface area contributed by atoms with Crippen molar-refractivity contribution in [2.24, 2.45) is 0 Å². The van der Waals surface area contributed by atoms with Gasteiger partial charge >= 0.3 is 0 Å². The van der Waals surface area contributed by atoms with Crippen LogP contribution in [0.5, 0.6) is 11.5 Å². The maximum Gasteiger partial charge on any atom is 0.141 e. The summed E-state index contributed by atoms with van der Waals surface area (Å²) in [6.07, 6.45) is 1.19. The monoisotopic (exact) mass is 382 g/mol. The SMILES string of the molecule is C=CC(O)c1ccc2ccccc2c1Oc1c(C(O)C=C)ccc2ccccc12. The molecule has 0 spiro atoms. The Kier molecular flexibility index (Phi) is 5.17.